The number of rotatable bonds is 3. The molecule has 1 aromatic rings. The molecular weight excluding hydrogens is 204 g/mol. The number of nitrogens with two attached hydrogens (primary N) is 1. The Labute approximate surface area is 94.6 Å². The van der Waals surface area contributed by atoms with Crippen LogP contribution < -0.4 is 5.73 Å². The quantitative estimate of drug-likeness (QED) is 0.777. The third-order valence-corrected chi connectivity index (χ3v) is 2.49. The van der Waals surface area contributed by atoms with Crippen LogP contribution in [0.15, 0.2) is 12.1 Å². The average Bonchev–Trinajstić information content (AvgIpc) is 2.35. The van der Waals surface area contributed by atoms with Crippen molar-refractivity contribution < 1.29 is 9.53 Å². The van der Waals surface area contributed by atoms with Crippen LogP contribution in [-0.4, -0.2) is 13.1 Å². The molecule has 0 atom stereocenters. The maximum Gasteiger partial charge on any atom is 0.338 e. The van der Waals surface area contributed by atoms with E-state index in [0.29, 0.717) is 23.1 Å². The largest absolute Gasteiger partial charge is 0.465 e. The van der Waals surface area contributed by atoms with E-state index in [1.807, 2.05) is 13.0 Å². The molecule has 0 bridgehead atoms. The summed E-state index contributed by atoms with van der Waals surface area (Å²) in [5, 5.41) is 8.93. The molecule has 4 heteroatoms. The fourth-order valence-corrected chi connectivity index (χ4v) is 1.66. The van der Waals surface area contributed by atoms with Gasteiger partial charge < -0.3 is 10.5 Å². The first-order chi connectivity index (χ1) is 7.69. The normalized spacial score (nSPS) is 9.62. The first-order valence-corrected chi connectivity index (χ1v) is 5.02. The highest BCUT2D eigenvalue weighted by molar-refractivity contribution is 5.93. The Morgan fingerprint density at radius 3 is 2.69 bits per heavy atom. The zero-order valence-electron chi connectivity index (χ0n) is 9.41. The summed E-state index contributed by atoms with van der Waals surface area (Å²) >= 11 is 0. The molecule has 1 aromatic carbocycles. The Balaban J connectivity index is 3.50. The second-order valence-corrected chi connectivity index (χ2v) is 3.29. The number of nitrogens with zero attached hydrogens (tertiary/aromatic N) is 1. The van der Waals surface area contributed by atoms with Crippen molar-refractivity contribution in [2.24, 2.45) is 5.73 Å². The Bertz CT molecular complexity index is 447. The predicted molar refractivity (Wildman–Crippen MR) is 59.8 cm³/mol. The molecule has 84 valence electrons. The van der Waals surface area contributed by atoms with E-state index in [1.54, 1.807) is 12.1 Å². The van der Waals surface area contributed by atoms with Gasteiger partial charge in [-0.05, 0) is 23.6 Å². The molecule has 0 saturated heterocycles. The molecule has 0 amide bonds. The van der Waals surface area contributed by atoms with Crippen LogP contribution >= 0.6 is 0 Å². The molecule has 4 nitrogen and oxygen atoms in total. The van der Waals surface area contributed by atoms with Gasteiger partial charge in [0.05, 0.1) is 24.3 Å². The van der Waals surface area contributed by atoms with Crippen LogP contribution in [0.3, 0.4) is 0 Å². The van der Waals surface area contributed by atoms with E-state index in [1.165, 1.54) is 7.11 Å². The average molecular weight is 218 g/mol. The highest BCUT2D eigenvalue weighted by Gasteiger charge is 2.18. The van der Waals surface area contributed by atoms with E-state index in [0.717, 1.165) is 5.56 Å². The molecule has 0 aliphatic carbocycles. The minimum atomic E-state index is -0.436. The maximum absolute atomic E-state index is 11.7. The van der Waals surface area contributed by atoms with Crippen molar-refractivity contribution in [2.45, 2.75) is 19.9 Å². The van der Waals surface area contributed by atoms with Crippen LogP contribution in [0.25, 0.3) is 0 Å². The van der Waals surface area contributed by atoms with Gasteiger partial charge in [0, 0.05) is 6.54 Å². The van der Waals surface area contributed by atoms with Crippen LogP contribution in [0.1, 0.15) is 34.0 Å². The maximum atomic E-state index is 11.7. The summed E-state index contributed by atoms with van der Waals surface area (Å²) in [5.41, 5.74) is 7.87. The fraction of sp³-hybridized carbons (Fsp3) is 0.333. The molecule has 0 saturated carbocycles. The Morgan fingerprint density at radius 1 is 1.56 bits per heavy atom. The molecule has 0 radical (unpaired) electrons. The van der Waals surface area contributed by atoms with Gasteiger partial charge in [0.15, 0.2) is 0 Å². The van der Waals surface area contributed by atoms with Gasteiger partial charge in [-0.15, -0.1) is 0 Å². The third-order valence-electron chi connectivity index (χ3n) is 2.49. The van der Waals surface area contributed by atoms with Gasteiger partial charge in [-0.25, -0.2) is 4.79 Å². The van der Waals surface area contributed by atoms with Crippen molar-refractivity contribution >= 4 is 5.97 Å². The third kappa shape index (κ3) is 2.05. The molecular formula is C12H14N2O2. The molecule has 0 fully saturated rings. The number of methoxy groups -OCH3 is 1. The van der Waals surface area contributed by atoms with E-state index in [-0.39, 0.29) is 6.54 Å². The Morgan fingerprint density at radius 2 is 2.25 bits per heavy atom. The van der Waals surface area contributed by atoms with Crippen molar-refractivity contribution in [3.8, 4) is 6.07 Å². The lowest BCUT2D eigenvalue weighted by Gasteiger charge is -2.12. The van der Waals surface area contributed by atoms with Gasteiger partial charge in [-0.3, -0.25) is 0 Å². The van der Waals surface area contributed by atoms with Crippen LogP contribution in [0.5, 0.6) is 0 Å². The summed E-state index contributed by atoms with van der Waals surface area (Å²) in [7, 11) is 1.32. The number of carbonyl (C=O) groups is 1. The molecule has 0 unspecified atom stereocenters. The Kier molecular flexibility index (Phi) is 4.03. The second kappa shape index (κ2) is 5.29. The standard InChI is InChI=1S/C12H14N2O2/c1-3-8-4-5-9(6-13)10(7-14)11(8)12(15)16-2/h4-5H,3,7,14H2,1-2H3. The van der Waals surface area contributed by atoms with Crippen molar-refractivity contribution in [3.05, 3.63) is 34.4 Å². The summed E-state index contributed by atoms with van der Waals surface area (Å²) in [6.07, 6.45) is 0.698. The summed E-state index contributed by atoms with van der Waals surface area (Å²) in [4.78, 5) is 11.7. The fourth-order valence-electron chi connectivity index (χ4n) is 1.66. The van der Waals surface area contributed by atoms with Gasteiger partial charge in [-0.2, -0.15) is 5.26 Å². The topological polar surface area (TPSA) is 76.1 Å². The summed E-state index contributed by atoms with van der Waals surface area (Å²) in [6, 6.07) is 5.49. The zero-order valence-corrected chi connectivity index (χ0v) is 9.41. The summed E-state index contributed by atoms with van der Waals surface area (Å²) < 4.78 is 4.72. The first kappa shape index (κ1) is 12.2. The second-order valence-electron chi connectivity index (χ2n) is 3.29. The number of hydrogen-bond donors (Lipinski definition) is 1. The zero-order chi connectivity index (χ0) is 12.1. The lowest BCUT2D eigenvalue weighted by Crippen LogP contribution is -2.14. The number of benzene rings is 1. The van der Waals surface area contributed by atoms with Crippen molar-refractivity contribution in [2.75, 3.05) is 7.11 Å². The van der Waals surface area contributed by atoms with E-state index >= 15 is 0 Å². The van der Waals surface area contributed by atoms with E-state index in [9.17, 15) is 4.79 Å². The van der Waals surface area contributed by atoms with Gasteiger partial charge in [-0.1, -0.05) is 13.0 Å². The lowest BCUT2D eigenvalue weighted by atomic mass is 9.95. The first-order valence-electron chi connectivity index (χ1n) is 5.02. The monoisotopic (exact) mass is 218 g/mol. The number of aryl methyl sites for hydroxylation is 1. The van der Waals surface area contributed by atoms with E-state index in [2.05, 4.69) is 0 Å². The van der Waals surface area contributed by atoms with Gasteiger partial charge in [0.1, 0.15) is 0 Å². The van der Waals surface area contributed by atoms with Crippen molar-refractivity contribution in [3.63, 3.8) is 0 Å². The molecule has 0 heterocycles. The van der Waals surface area contributed by atoms with Gasteiger partial charge >= 0.3 is 5.97 Å². The highest BCUT2D eigenvalue weighted by Crippen LogP contribution is 2.20. The van der Waals surface area contributed by atoms with Crippen molar-refractivity contribution in [1.82, 2.24) is 0 Å². The number of hydrogen-bond acceptors (Lipinski definition) is 4. The highest BCUT2D eigenvalue weighted by atomic mass is 16.5. The molecule has 0 aromatic heterocycles. The van der Waals surface area contributed by atoms with Gasteiger partial charge in [0.25, 0.3) is 0 Å². The molecule has 16 heavy (non-hydrogen) atoms. The van der Waals surface area contributed by atoms with E-state index in [4.69, 9.17) is 15.7 Å². The minimum absolute atomic E-state index is 0.154. The molecule has 0 aliphatic rings. The molecule has 0 spiro atoms. The molecule has 1 rings (SSSR count). The van der Waals surface area contributed by atoms with Gasteiger partial charge in [0.2, 0.25) is 0 Å². The van der Waals surface area contributed by atoms with Crippen LogP contribution in [0.4, 0.5) is 0 Å². The minimum Gasteiger partial charge on any atom is -0.465 e. The lowest BCUT2D eigenvalue weighted by molar-refractivity contribution is 0.0598. The number of carbonyl (C=O) groups excluding carboxylic acids is 1. The SMILES string of the molecule is CCc1ccc(C#N)c(CN)c1C(=O)OC. The molecule has 0 aliphatic heterocycles. The molecule has 2 N–H and O–H groups in total. The van der Waals surface area contributed by atoms with E-state index < -0.39 is 5.97 Å². The van der Waals surface area contributed by atoms with Crippen LogP contribution in [0, 0.1) is 11.3 Å². The number of esters is 1. The number of ether oxygens (including phenoxy) is 1. The van der Waals surface area contributed by atoms with Crippen LogP contribution in [0.2, 0.25) is 0 Å². The van der Waals surface area contributed by atoms with Crippen molar-refractivity contribution in [1.29, 1.82) is 5.26 Å². The predicted octanol–water partition coefficient (Wildman–Crippen LogP) is 1.37. The summed E-state index contributed by atoms with van der Waals surface area (Å²) in [5.74, 6) is -0.436. The summed E-state index contributed by atoms with van der Waals surface area (Å²) in [6.45, 7) is 2.09. The van der Waals surface area contributed by atoms with Crippen LogP contribution in [-0.2, 0) is 17.7 Å². The number of nitriles is 1. The smallest absolute Gasteiger partial charge is 0.338 e. The Hall–Kier alpha value is -1.86.